The van der Waals surface area contributed by atoms with Crippen LogP contribution in [0.3, 0.4) is 0 Å². The van der Waals surface area contributed by atoms with Gasteiger partial charge in [-0.25, -0.2) is 0 Å². The molecule has 3 saturated carbocycles. The third-order valence-electron chi connectivity index (χ3n) is 6.69. The molecule has 0 spiro atoms. The summed E-state index contributed by atoms with van der Waals surface area (Å²) in [7, 11) is 0. The minimum atomic E-state index is 0.344. The Balaban J connectivity index is 0.000000115. The standard InChI is InChI=1S/C9H14O.C9H8.C6H10O/c1-9(2)6-3-4-7(9)8(10)5-6;1-2-5-9-7-3-6-8(9)4-1;7-6-4-2-1-3-5-6/h6-7H,3-5H2,1-2H3;1-6H,7H2;1-5H2. The Bertz CT molecular complexity index is 675. The Morgan fingerprint density at radius 2 is 1.69 bits per heavy atom. The van der Waals surface area contributed by atoms with E-state index in [1.807, 2.05) is 0 Å². The summed E-state index contributed by atoms with van der Waals surface area (Å²) in [5.41, 5.74) is 3.19. The Hall–Kier alpha value is -1.70. The number of allylic oxidation sites excluding steroid dienone is 1. The molecule has 0 heterocycles. The summed E-state index contributed by atoms with van der Waals surface area (Å²) >= 11 is 0. The van der Waals surface area contributed by atoms with E-state index in [1.165, 1.54) is 24.0 Å². The minimum absolute atomic E-state index is 0.344. The van der Waals surface area contributed by atoms with Crippen molar-refractivity contribution in [3.63, 3.8) is 0 Å². The molecule has 0 saturated heterocycles. The van der Waals surface area contributed by atoms with Crippen molar-refractivity contribution >= 4 is 17.6 Å². The number of hydrogen-bond acceptors (Lipinski definition) is 2. The maximum Gasteiger partial charge on any atom is 0.136 e. The molecular weight excluding hydrogens is 320 g/mol. The molecule has 26 heavy (non-hydrogen) atoms. The molecular formula is C24H32O2. The highest BCUT2D eigenvalue weighted by molar-refractivity contribution is 5.85. The van der Waals surface area contributed by atoms with Crippen molar-refractivity contribution in [2.45, 2.75) is 71.6 Å². The lowest BCUT2D eigenvalue weighted by molar-refractivity contribution is -0.122. The zero-order valence-corrected chi connectivity index (χ0v) is 16.3. The van der Waals surface area contributed by atoms with Gasteiger partial charge in [-0.15, -0.1) is 0 Å². The summed E-state index contributed by atoms with van der Waals surface area (Å²) in [4.78, 5) is 21.7. The van der Waals surface area contributed by atoms with E-state index in [0.29, 0.717) is 28.8 Å². The monoisotopic (exact) mass is 352 g/mol. The van der Waals surface area contributed by atoms with Gasteiger partial charge in [0.15, 0.2) is 0 Å². The molecule has 5 rings (SSSR count). The number of carbonyl (C=O) groups is 2. The van der Waals surface area contributed by atoms with Crippen LogP contribution in [0.2, 0.25) is 0 Å². The summed E-state index contributed by atoms with van der Waals surface area (Å²) in [5.74, 6) is 2.12. The number of rotatable bonds is 0. The van der Waals surface area contributed by atoms with E-state index in [1.54, 1.807) is 0 Å². The maximum atomic E-state index is 11.3. The quantitative estimate of drug-likeness (QED) is 0.592. The van der Waals surface area contributed by atoms with Gasteiger partial charge in [0.05, 0.1) is 0 Å². The first kappa shape index (κ1) is 19.1. The summed E-state index contributed by atoms with van der Waals surface area (Å²) in [6, 6.07) is 8.49. The summed E-state index contributed by atoms with van der Waals surface area (Å²) < 4.78 is 0. The SMILES string of the molecule is C1=Cc2ccccc2C1.CC1(C)C2CCC1C(=O)C2.O=C1CCCCC1. The second-order valence-corrected chi connectivity index (χ2v) is 8.72. The molecule has 1 aromatic carbocycles. The van der Waals surface area contributed by atoms with Gasteiger partial charge in [0.25, 0.3) is 0 Å². The highest BCUT2D eigenvalue weighted by atomic mass is 16.1. The molecule has 2 atom stereocenters. The van der Waals surface area contributed by atoms with Gasteiger partial charge in [-0.3, -0.25) is 9.59 Å². The molecule has 0 aromatic heterocycles. The van der Waals surface area contributed by atoms with Crippen molar-refractivity contribution in [2.75, 3.05) is 0 Å². The fourth-order valence-electron chi connectivity index (χ4n) is 4.86. The van der Waals surface area contributed by atoms with Gasteiger partial charge in [0.2, 0.25) is 0 Å². The Labute approximate surface area is 158 Å². The molecule has 140 valence electrons. The van der Waals surface area contributed by atoms with E-state index in [4.69, 9.17) is 0 Å². The lowest BCUT2D eigenvalue weighted by Gasteiger charge is -2.21. The van der Waals surface area contributed by atoms with Gasteiger partial charge in [0, 0.05) is 25.2 Å². The molecule has 4 aliphatic carbocycles. The normalized spacial score (nSPS) is 27.3. The number of fused-ring (bicyclic) bond motifs is 3. The number of Topliss-reactive ketones (excluding diaryl/α,β-unsaturated/α-hetero) is 2. The largest absolute Gasteiger partial charge is 0.300 e. The first-order chi connectivity index (χ1) is 12.5. The van der Waals surface area contributed by atoms with Crippen LogP contribution in [0.1, 0.15) is 76.3 Å². The van der Waals surface area contributed by atoms with E-state index < -0.39 is 0 Å². The van der Waals surface area contributed by atoms with Gasteiger partial charge in [-0.2, -0.15) is 0 Å². The highest BCUT2D eigenvalue weighted by Gasteiger charge is 2.52. The average molecular weight is 353 g/mol. The summed E-state index contributed by atoms with van der Waals surface area (Å²) in [6.45, 7) is 4.50. The molecule has 2 bridgehead atoms. The van der Waals surface area contributed by atoms with Crippen molar-refractivity contribution in [1.82, 2.24) is 0 Å². The molecule has 0 N–H and O–H groups in total. The van der Waals surface area contributed by atoms with Crippen LogP contribution in [0.25, 0.3) is 6.08 Å². The van der Waals surface area contributed by atoms with Crippen molar-refractivity contribution < 1.29 is 9.59 Å². The van der Waals surface area contributed by atoms with Gasteiger partial charge in [0.1, 0.15) is 11.6 Å². The highest BCUT2D eigenvalue weighted by Crippen LogP contribution is 2.55. The van der Waals surface area contributed by atoms with Gasteiger partial charge < -0.3 is 0 Å². The van der Waals surface area contributed by atoms with Crippen LogP contribution in [-0.4, -0.2) is 11.6 Å². The van der Waals surface area contributed by atoms with Gasteiger partial charge in [-0.1, -0.05) is 56.7 Å². The molecule has 0 amide bonds. The van der Waals surface area contributed by atoms with Crippen LogP contribution >= 0.6 is 0 Å². The van der Waals surface area contributed by atoms with Crippen molar-refractivity contribution in [3.8, 4) is 0 Å². The fraction of sp³-hybridized carbons (Fsp3) is 0.583. The third-order valence-corrected chi connectivity index (χ3v) is 6.69. The van der Waals surface area contributed by atoms with Crippen LogP contribution in [0, 0.1) is 17.3 Å². The number of carbonyl (C=O) groups excluding carboxylic acids is 2. The zero-order chi connectivity index (χ0) is 18.6. The molecule has 2 unspecified atom stereocenters. The predicted molar refractivity (Wildman–Crippen MR) is 107 cm³/mol. The Morgan fingerprint density at radius 3 is 2.15 bits per heavy atom. The number of hydrogen-bond donors (Lipinski definition) is 0. The molecule has 1 aromatic rings. The van der Waals surface area contributed by atoms with Crippen molar-refractivity contribution in [2.24, 2.45) is 17.3 Å². The van der Waals surface area contributed by atoms with E-state index in [-0.39, 0.29) is 0 Å². The average Bonchev–Trinajstić information content (AvgIpc) is 3.28. The lowest BCUT2D eigenvalue weighted by atomic mass is 9.82. The minimum Gasteiger partial charge on any atom is -0.300 e. The zero-order valence-electron chi connectivity index (χ0n) is 16.3. The summed E-state index contributed by atoms with van der Waals surface area (Å²) in [5, 5.41) is 0. The molecule has 3 fully saturated rings. The second-order valence-electron chi connectivity index (χ2n) is 8.72. The molecule has 0 aliphatic heterocycles. The maximum absolute atomic E-state index is 11.3. The van der Waals surface area contributed by atoms with Gasteiger partial charge >= 0.3 is 0 Å². The molecule has 0 radical (unpaired) electrons. The van der Waals surface area contributed by atoms with E-state index in [2.05, 4.69) is 50.3 Å². The van der Waals surface area contributed by atoms with Crippen LogP contribution in [0.15, 0.2) is 30.3 Å². The fourth-order valence-corrected chi connectivity index (χ4v) is 4.86. The number of ketones is 2. The van der Waals surface area contributed by atoms with Gasteiger partial charge in [-0.05, 0) is 54.6 Å². The third kappa shape index (κ3) is 4.34. The van der Waals surface area contributed by atoms with Crippen LogP contribution in [0.5, 0.6) is 0 Å². The predicted octanol–water partition coefficient (Wildman–Crippen LogP) is 5.79. The Morgan fingerprint density at radius 1 is 0.962 bits per heavy atom. The van der Waals surface area contributed by atoms with Crippen molar-refractivity contribution in [1.29, 1.82) is 0 Å². The van der Waals surface area contributed by atoms with E-state index in [0.717, 1.165) is 44.9 Å². The Kier molecular flexibility index (Phi) is 6.11. The second kappa shape index (κ2) is 8.33. The first-order valence-corrected chi connectivity index (χ1v) is 10.3. The topological polar surface area (TPSA) is 34.1 Å². The number of benzene rings is 1. The van der Waals surface area contributed by atoms with E-state index >= 15 is 0 Å². The first-order valence-electron chi connectivity index (χ1n) is 10.3. The van der Waals surface area contributed by atoms with Crippen LogP contribution < -0.4 is 0 Å². The molecule has 4 aliphatic rings. The van der Waals surface area contributed by atoms with E-state index in [9.17, 15) is 9.59 Å². The van der Waals surface area contributed by atoms with Crippen LogP contribution in [0.4, 0.5) is 0 Å². The molecule has 2 heteroatoms. The summed E-state index contributed by atoms with van der Waals surface area (Å²) in [6.07, 6.45) is 14.1. The smallest absolute Gasteiger partial charge is 0.136 e. The molecule has 2 nitrogen and oxygen atoms in total. The van der Waals surface area contributed by atoms with Crippen molar-refractivity contribution in [3.05, 3.63) is 41.5 Å². The lowest BCUT2D eigenvalue weighted by Crippen LogP contribution is -2.19. The van der Waals surface area contributed by atoms with Crippen LogP contribution in [-0.2, 0) is 16.0 Å².